The highest BCUT2D eigenvalue weighted by atomic mass is 127. The number of hydrogen-bond acceptors (Lipinski definition) is 2. The van der Waals surface area contributed by atoms with E-state index in [0.29, 0.717) is 0 Å². The lowest BCUT2D eigenvalue weighted by Crippen LogP contribution is -2.40. The second kappa shape index (κ2) is 11.7. The van der Waals surface area contributed by atoms with E-state index in [2.05, 4.69) is 66.5 Å². The Balaban J connectivity index is 0.00000288. The Morgan fingerprint density at radius 2 is 2.04 bits per heavy atom. The Morgan fingerprint density at radius 1 is 1.29 bits per heavy atom. The van der Waals surface area contributed by atoms with Crippen molar-refractivity contribution in [3.8, 4) is 0 Å². The van der Waals surface area contributed by atoms with E-state index >= 15 is 0 Å². The van der Waals surface area contributed by atoms with E-state index in [9.17, 15) is 0 Å². The minimum absolute atomic E-state index is 0. The number of nitrogens with zero attached hydrogens (tertiary/aromatic N) is 3. The van der Waals surface area contributed by atoms with Crippen molar-refractivity contribution in [2.24, 2.45) is 10.9 Å². The number of benzene rings is 1. The van der Waals surface area contributed by atoms with Crippen LogP contribution in [0.5, 0.6) is 0 Å². The Kier molecular flexibility index (Phi) is 10.3. The topological polar surface area (TPSA) is 30.9 Å². The molecule has 1 fully saturated rings. The van der Waals surface area contributed by atoms with Gasteiger partial charge in [-0.2, -0.15) is 0 Å². The van der Waals surface area contributed by atoms with Crippen LogP contribution in [0.4, 0.5) is 0 Å². The van der Waals surface area contributed by atoms with Crippen LogP contribution in [-0.4, -0.2) is 62.6 Å². The first-order valence-electron chi connectivity index (χ1n) is 8.91. The molecule has 0 aliphatic carbocycles. The van der Waals surface area contributed by atoms with E-state index in [1.807, 2.05) is 0 Å². The Morgan fingerprint density at radius 3 is 2.71 bits per heavy atom. The molecule has 24 heavy (non-hydrogen) atoms. The van der Waals surface area contributed by atoms with Crippen molar-refractivity contribution in [1.29, 1.82) is 0 Å². The van der Waals surface area contributed by atoms with Crippen LogP contribution in [0, 0.1) is 5.92 Å². The minimum atomic E-state index is 0. The van der Waals surface area contributed by atoms with Gasteiger partial charge in [0.25, 0.3) is 0 Å². The zero-order valence-electron chi connectivity index (χ0n) is 15.4. The van der Waals surface area contributed by atoms with Crippen LogP contribution < -0.4 is 5.32 Å². The smallest absolute Gasteiger partial charge is 0.193 e. The summed E-state index contributed by atoms with van der Waals surface area (Å²) in [6.45, 7) is 7.32. The second-order valence-corrected chi connectivity index (χ2v) is 6.68. The number of likely N-dealkylation sites (tertiary alicyclic amines) is 1. The third kappa shape index (κ3) is 7.38. The summed E-state index contributed by atoms with van der Waals surface area (Å²) < 4.78 is 0. The van der Waals surface area contributed by atoms with Crippen molar-refractivity contribution >= 4 is 29.9 Å². The summed E-state index contributed by atoms with van der Waals surface area (Å²) in [6.07, 6.45) is 3.55. The van der Waals surface area contributed by atoms with E-state index in [1.54, 1.807) is 0 Å². The van der Waals surface area contributed by atoms with Gasteiger partial charge in [-0.1, -0.05) is 30.3 Å². The van der Waals surface area contributed by atoms with E-state index in [1.165, 1.54) is 18.4 Å². The lowest BCUT2D eigenvalue weighted by Gasteiger charge is -2.22. The van der Waals surface area contributed by atoms with Crippen LogP contribution >= 0.6 is 24.0 Å². The van der Waals surface area contributed by atoms with Crippen LogP contribution in [0.2, 0.25) is 0 Å². The van der Waals surface area contributed by atoms with Gasteiger partial charge in [-0.05, 0) is 58.3 Å². The molecule has 1 aromatic carbocycles. The monoisotopic (exact) mass is 444 g/mol. The molecular weight excluding hydrogens is 411 g/mol. The van der Waals surface area contributed by atoms with E-state index in [0.717, 1.165) is 51.0 Å². The summed E-state index contributed by atoms with van der Waals surface area (Å²) in [5, 5.41) is 3.46. The number of halogens is 1. The standard InChI is InChI=1S/C19H32N4.HI/c1-4-20-19(21-12-8-13-22(2)3)23-14-11-18(16-23)15-17-9-6-5-7-10-17;/h5-7,9-10,18H,4,8,11-16H2,1-3H3,(H,20,21);1H. The molecule has 1 aromatic rings. The van der Waals surface area contributed by atoms with Gasteiger partial charge in [0, 0.05) is 26.2 Å². The Labute approximate surface area is 164 Å². The maximum atomic E-state index is 4.81. The normalized spacial score (nSPS) is 17.9. The van der Waals surface area contributed by atoms with Crippen LogP contribution in [0.15, 0.2) is 35.3 Å². The first kappa shape index (κ1) is 21.2. The van der Waals surface area contributed by atoms with Gasteiger partial charge in [-0.25, -0.2) is 0 Å². The molecule has 1 aliphatic heterocycles. The average molecular weight is 444 g/mol. The van der Waals surface area contributed by atoms with Gasteiger partial charge in [-0.15, -0.1) is 24.0 Å². The summed E-state index contributed by atoms with van der Waals surface area (Å²) in [7, 11) is 4.23. The van der Waals surface area contributed by atoms with Crippen LogP contribution in [0.3, 0.4) is 0 Å². The van der Waals surface area contributed by atoms with Gasteiger partial charge in [0.2, 0.25) is 0 Å². The molecule has 0 bridgehead atoms. The molecule has 1 saturated heterocycles. The molecule has 1 aliphatic rings. The highest BCUT2D eigenvalue weighted by Gasteiger charge is 2.24. The molecule has 0 saturated carbocycles. The fourth-order valence-corrected chi connectivity index (χ4v) is 3.14. The summed E-state index contributed by atoms with van der Waals surface area (Å²) in [5.41, 5.74) is 1.45. The van der Waals surface area contributed by atoms with Crippen molar-refractivity contribution in [2.45, 2.75) is 26.2 Å². The Bertz CT molecular complexity index is 476. The van der Waals surface area contributed by atoms with Gasteiger partial charge in [-0.3, -0.25) is 4.99 Å². The molecule has 0 spiro atoms. The molecule has 0 aromatic heterocycles. The van der Waals surface area contributed by atoms with Crippen molar-refractivity contribution in [3.05, 3.63) is 35.9 Å². The van der Waals surface area contributed by atoms with Gasteiger partial charge in [0.05, 0.1) is 0 Å². The van der Waals surface area contributed by atoms with Crippen molar-refractivity contribution in [3.63, 3.8) is 0 Å². The fraction of sp³-hybridized carbons (Fsp3) is 0.632. The molecule has 136 valence electrons. The van der Waals surface area contributed by atoms with Crippen molar-refractivity contribution in [1.82, 2.24) is 15.1 Å². The summed E-state index contributed by atoms with van der Waals surface area (Å²) >= 11 is 0. The average Bonchev–Trinajstić information content (AvgIpc) is 2.99. The number of aliphatic imine (C=N–C) groups is 1. The van der Waals surface area contributed by atoms with Gasteiger partial charge in [0.15, 0.2) is 5.96 Å². The second-order valence-electron chi connectivity index (χ2n) is 6.68. The lowest BCUT2D eigenvalue weighted by molar-refractivity contribution is 0.401. The lowest BCUT2D eigenvalue weighted by atomic mass is 9.99. The van der Waals surface area contributed by atoms with Crippen LogP contribution in [0.1, 0.15) is 25.3 Å². The number of guanidine groups is 1. The van der Waals surface area contributed by atoms with Gasteiger partial charge < -0.3 is 15.1 Å². The molecule has 1 heterocycles. The number of rotatable bonds is 7. The Hall–Kier alpha value is -0.820. The molecule has 1 N–H and O–H groups in total. The highest BCUT2D eigenvalue weighted by Crippen LogP contribution is 2.20. The molecule has 1 atom stereocenters. The maximum absolute atomic E-state index is 4.81. The first-order chi connectivity index (χ1) is 11.2. The predicted molar refractivity (Wildman–Crippen MR) is 114 cm³/mol. The number of hydrogen-bond donors (Lipinski definition) is 1. The van der Waals surface area contributed by atoms with E-state index < -0.39 is 0 Å². The quantitative estimate of drug-likeness (QED) is 0.304. The van der Waals surface area contributed by atoms with Crippen molar-refractivity contribution in [2.75, 3.05) is 46.8 Å². The summed E-state index contributed by atoms with van der Waals surface area (Å²) in [6, 6.07) is 10.8. The first-order valence-corrected chi connectivity index (χ1v) is 8.91. The summed E-state index contributed by atoms with van der Waals surface area (Å²) in [5.74, 6) is 1.84. The SMILES string of the molecule is CCNC(=NCCCN(C)C)N1CCC(Cc2ccccc2)C1.I. The molecule has 2 rings (SSSR count). The van der Waals surface area contributed by atoms with Crippen LogP contribution in [-0.2, 0) is 6.42 Å². The zero-order chi connectivity index (χ0) is 16.5. The van der Waals surface area contributed by atoms with E-state index in [4.69, 9.17) is 4.99 Å². The highest BCUT2D eigenvalue weighted by molar-refractivity contribution is 14.0. The molecule has 4 nitrogen and oxygen atoms in total. The molecule has 1 unspecified atom stereocenters. The molecule has 0 amide bonds. The zero-order valence-corrected chi connectivity index (χ0v) is 17.7. The minimum Gasteiger partial charge on any atom is -0.357 e. The fourth-order valence-electron chi connectivity index (χ4n) is 3.14. The third-order valence-corrected chi connectivity index (χ3v) is 4.31. The summed E-state index contributed by atoms with van der Waals surface area (Å²) in [4.78, 5) is 9.47. The van der Waals surface area contributed by atoms with E-state index in [-0.39, 0.29) is 24.0 Å². The van der Waals surface area contributed by atoms with Gasteiger partial charge >= 0.3 is 0 Å². The predicted octanol–water partition coefficient (Wildman–Crippen LogP) is 3.09. The van der Waals surface area contributed by atoms with Gasteiger partial charge in [0.1, 0.15) is 0 Å². The molecule has 5 heteroatoms. The largest absolute Gasteiger partial charge is 0.357 e. The number of nitrogens with one attached hydrogen (secondary N) is 1. The van der Waals surface area contributed by atoms with Crippen LogP contribution in [0.25, 0.3) is 0 Å². The van der Waals surface area contributed by atoms with Crippen molar-refractivity contribution < 1.29 is 0 Å². The molecule has 0 radical (unpaired) electrons. The molecular formula is C19H33IN4. The maximum Gasteiger partial charge on any atom is 0.193 e. The third-order valence-electron chi connectivity index (χ3n) is 4.31.